The summed E-state index contributed by atoms with van der Waals surface area (Å²) >= 11 is 0. The molecule has 0 atom stereocenters. The van der Waals surface area contributed by atoms with Gasteiger partial charge in [0, 0.05) is 0 Å². The van der Waals surface area contributed by atoms with Gasteiger partial charge < -0.3 is 5.11 Å². The van der Waals surface area contributed by atoms with Crippen molar-refractivity contribution in [3.8, 4) is 5.75 Å². The van der Waals surface area contributed by atoms with Crippen molar-refractivity contribution < 1.29 is 5.11 Å². The largest absolute Gasteiger partial charge is 0.508 e. The molecule has 0 saturated carbocycles. The smallest absolute Gasteiger partial charge is 0.119 e. The van der Waals surface area contributed by atoms with Gasteiger partial charge in [-0.1, -0.05) is 45.0 Å². The van der Waals surface area contributed by atoms with Gasteiger partial charge >= 0.3 is 0 Å². The molecule has 84 valence electrons. The summed E-state index contributed by atoms with van der Waals surface area (Å²) in [6.07, 6.45) is 0. The Bertz CT molecular complexity index is 533. The van der Waals surface area contributed by atoms with Crippen molar-refractivity contribution in [2.24, 2.45) is 0 Å². The van der Waals surface area contributed by atoms with Gasteiger partial charge in [-0.05, 0) is 40.3 Å². The van der Waals surface area contributed by atoms with E-state index in [2.05, 4.69) is 39.0 Å². The van der Waals surface area contributed by atoms with E-state index >= 15 is 0 Å². The predicted octanol–water partition coefficient (Wildman–Crippen LogP) is 4.15. The zero-order valence-electron chi connectivity index (χ0n) is 10.3. The second-order valence-corrected chi connectivity index (χ2v) is 5.40. The zero-order valence-corrected chi connectivity index (χ0v) is 10.3. The molecule has 0 bridgehead atoms. The molecule has 0 saturated heterocycles. The molecule has 2 rings (SSSR count). The van der Waals surface area contributed by atoms with Crippen molar-refractivity contribution in [3.63, 3.8) is 0 Å². The second kappa shape index (κ2) is 3.51. The summed E-state index contributed by atoms with van der Waals surface area (Å²) in [5.74, 6) is 0.371. The molecule has 0 unspecified atom stereocenters. The first-order valence-electron chi connectivity index (χ1n) is 5.62. The quantitative estimate of drug-likeness (QED) is 0.698. The summed E-state index contributed by atoms with van der Waals surface area (Å²) in [5.41, 5.74) is 2.45. The number of fused-ring (bicyclic) bond motifs is 1. The third kappa shape index (κ3) is 1.78. The maximum Gasteiger partial charge on any atom is 0.119 e. The van der Waals surface area contributed by atoms with E-state index in [1.165, 1.54) is 10.9 Å². The molecule has 0 spiro atoms. The van der Waals surface area contributed by atoms with E-state index < -0.39 is 0 Å². The molecule has 0 aromatic heterocycles. The molecule has 16 heavy (non-hydrogen) atoms. The van der Waals surface area contributed by atoms with Crippen molar-refractivity contribution in [1.82, 2.24) is 0 Å². The van der Waals surface area contributed by atoms with Gasteiger partial charge in [0.05, 0.1) is 0 Å². The predicted molar refractivity (Wildman–Crippen MR) is 69.0 cm³/mol. The van der Waals surface area contributed by atoms with Crippen LogP contribution in [-0.2, 0) is 5.41 Å². The van der Waals surface area contributed by atoms with Gasteiger partial charge in [-0.3, -0.25) is 0 Å². The van der Waals surface area contributed by atoms with E-state index in [4.69, 9.17) is 0 Å². The lowest BCUT2D eigenvalue weighted by Crippen LogP contribution is -2.10. The second-order valence-electron chi connectivity index (χ2n) is 5.40. The van der Waals surface area contributed by atoms with Crippen molar-refractivity contribution >= 4 is 10.8 Å². The summed E-state index contributed by atoms with van der Waals surface area (Å²) in [4.78, 5) is 0. The average molecular weight is 214 g/mol. The zero-order chi connectivity index (χ0) is 11.9. The highest BCUT2D eigenvalue weighted by Gasteiger charge is 2.14. The van der Waals surface area contributed by atoms with Crippen molar-refractivity contribution in [1.29, 1.82) is 0 Å². The number of aryl methyl sites for hydroxylation is 1. The Hall–Kier alpha value is -1.50. The molecule has 1 nitrogen and oxygen atoms in total. The molecule has 0 amide bonds. The van der Waals surface area contributed by atoms with Gasteiger partial charge in [-0.2, -0.15) is 0 Å². The first-order valence-corrected chi connectivity index (χ1v) is 5.62. The molecule has 1 heteroatoms. The monoisotopic (exact) mass is 214 g/mol. The normalized spacial score (nSPS) is 12.0. The van der Waals surface area contributed by atoms with Crippen LogP contribution in [0, 0.1) is 6.92 Å². The molecule has 1 N–H and O–H groups in total. The molecular formula is C15H18O. The molecule has 2 aromatic carbocycles. The molecule has 0 fully saturated rings. The first kappa shape index (κ1) is 11.0. The van der Waals surface area contributed by atoms with Gasteiger partial charge in [-0.25, -0.2) is 0 Å². The minimum atomic E-state index is 0.167. The summed E-state index contributed by atoms with van der Waals surface area (Å²) in [7, 11) is 0. The number of hydrogen-bond acceptors (Lipinski definition) is 1. The van der Waals surface area contributed by atoms with Crippen molar-refractivity contribution in [2.45, 2.75) is 33.1 Å². The Morgan fingerprint density at radius 2 is 1.69 bits per heavy atom. The highest BCUT2D eigenvalue weighted by atomic mass is 16.3. The Kier molecular flexibility index (Phi) is 2.42. The Balaban J connectivity index is 2.70. The van der Waals surface area contributed by atoms with Crippen LogP contribution in [0.25, 0.3) is 10.8 Å². The molecule has 0 aliphatic rings. The lowest BCUT2D eigenvalue weighted by Gasteiger charge is -2.19. The van der Waals surface area contributed by atoms with Gasteiger partial charge in [0.1, 0.15) is 5.75 Å². The maximum atomic E-state index is 9.65. The Morgan fingerprint density at radius 3 is 2.31 bits per heavy atom. The van der Waals surface area contributed by atoms with Gasteiger partial charge in [-0.15, -0.1) is 0 Å². The van der Waals surface area contributed by atoms with Crippen LogP contribution in [0.4, 0.5) is 0 Å². The summed E-state index contributed by atoms with van der Waals surface area (Å²) < 4.78 is 0. The summed E-state index contributed by atoms with van der Waals surface area (Å²) in [5, 5.41) is 12.0. The van der Waals surface area contributed by atoms with Crippen molar-refractivity contribution in [3.05, 3.63) is 41.5 Å². The molecule has 0 heterocycles. The van der Waals surface area contributed by atoms with Crippen LogP contribution in [0.2, 0.25) is 0 Å². The number of hydrogen-bond donors (Lipinski definition) is 1. The van der Waals surface area contributed by atoms with E-state index in [0.29, 0.717) is 5.75 Å². The minimum absolute atomic E-state index is 0.167. The van der Waals surface area contributed by atoms with Gasteiger partial charge in [0.25, 0.3) is 0 Å². The summed E-state index contributed by atoms with van der Waals surface area (Å²) in [6, 6.07) is 10.2. The SMILES string of the molecule is Cc1c(O)ccc2cc(C(C)(C)C)ccc12. The molecule has 0 radical (unpaired) electrons. The lowest BCUT2D eigenvalue weighted by atomic mass is 9.85. The van der Waals surface area contributed by atoms with Crippen molar-refractivity contribution in [2.75, 3.05) is 0 Å². The Morgan fingerprint density at radius 1 is 1.00 bits per heavy atom. The van der Waals surface area contributed by atoms with Gasteiger partial charge in [0.2, 0.25) is 0 Å². The topological polar surface area (TPSA) is 20.2 Å². The number of aromatic hydroxyl groups is 1. The fourth-order valence-corrected chi connectivity index (χ4v) is 1.94. The fourth-order valence-electron chi connectivity index (χ4n) is 1.94. The molecule has 2 aromatic rings. The van der Waals surface area contributed by atoms with E-state index in [0.717, 1.165) is 10.9 Å². The van der Waals surface area contributed by atoms with Crippen LogP contribution in [0.3, 0.4) is 0 Å². The van der Waals surface area contributed by atoms with Crippen LogP contribution in [0.5, 0.6) is 5.75 Å². The number of phenolic OH excluding ortho intramolecular Hbond substituents is 1. The first-order chi connectivity index (χ1) is 7.39. The molecular weight excluding hydrogens is 196 g/mol. The third-order valence-electron chi connectivity index (χ3n) is 3.13. The van der Waals surface area contributed by atoms with E-state index in [9.17, 15) is 5.11 Å². The molecule has 0 aliphatic heterocycles. The molecule has 0 aliphatic carbocycles. The number of rotatable bonds is 0. The van der Waals surface area contributed by atoms with Crippen LogP contribution >= 0.6 is 0 Å². The Labute approximate surface area is 96.7 Å². The van der Waals surface area contributed by atoms with E-state index in [1.807, 2.05) is 13.0 Å². The third-order valence-corrected chi connectivity index (χ3v) is 3.13. The minimum Gasteiger partial charge on any atom is -0.508 e. The van der Waals surface area contributed by atoms with E-state index in [-0.39, 0.29) is 5.41 Å². The van der Waals surface area contributed by atoms with Crippen LogP contribution < -0.4 is 0 Å². The van der Waals surface area contributed by atoms with E-state index in [1.54, 1.807) is 6.07 Å². The number of phenols is 1. The maximum absolute atomic E-state index is 9.65. The highest BCUT2D eigenvalue weighted by Crippen LogP contribution is 2.30. The average Bonchev–Trinajstić information content (AvgIpc) is 2.22. The number of benzene rings is 2. The van der Waals surface area contributed by atoms with Gasteiger partial charge in [0.15, 0.2) is 0 Å². The highest BCUT2D eigenvalue weighted by molar-refractivity contribution is 5.88. The standard InChI is InChI=1S/C15H18O/c1-10-13-7-6-12(15(2,3)4)9-11(13)5-8-14(10)16/h5-9,16H,1-4H3. The lowest BCUT2D eigenvalue weighted by molar-refractivity contribution is 0.472. The van der Waals surface area contributed by atoms with Crippen LogP contribution in [0.15, 0.2) is 30.3 Å². The fraction of sp³-hybridized carbons (Fsp3) is 0.333. The van der Waals surface area contributed by atoms with Crippen LogP contribution in [-0.4, -0.2) is 5.11 Å². The summed E-state index contributed by atoms with van der Waals surface area (Å²) in [6.45, 7) is 8.58. The van der Waals surface area contributed by atoms with Crippen LogP contribution in [0.1, 0.15) is 31.9 Å².